The maximum absolute atomic E-state index is 12.3. The van der Waals surface area contributed by atoms with Crippen LogP contribution in [0.5, 0.6) is 0 Å². The number of hydrogen-bond donors (Lipinski definition) is 1. The lowest BCUT2D eigenvalue weighted by atomic mass is 10.1. The number of amides is 2. The highest BCUT2D eigenvalue weighted by Gasteiger charge is 2.26. The van der Waals surface area contributed by atoms with Gasteiger partial charge in [0.2, 0.25) is 11.8 Å². The molecule has 1 aromatic rings. The minimum atomic E-state index is -0.577. The van der Waals surface area contributed by atoms with E-state index in [-0.39, 0.29) is 18.4 Å². The van der Waals surface area contributed by atoms with E-state index in [2.05, 4.69) is 12.2 Å². The van der Waals surface area contributed by atoms with Gasteiger partial charge in [0.1, 0.15) is 6.04 Å². The summed E-state index contributed by atoms with van der Waals surface area (Å²) in [5, 5.41) is 3.84. The number of halogens is 2. The van der Waals surface area contributed by atoms with Gasteiger partial charge in [-0.1, -0.05) is 49.5 Å². The molecule has 23 heavy (non-hydrogen) atoms. The molecule has 1 atom stereocenters. The Morgan fingerprint density at radius 3 is 2.35 bits per heavy atom. The molecule has 0 spiro atoms. The molecule has 0 fully saturated rings. The van der Waals surface area contributed by atoms with Gasteiger partial charge in [-0.25, -0.2) is 0 Å². The van der Waals surface area contributed by atoms with E-state index in [1.807, 2.05) is 0 Å². The van der Waals surface area contributed by atoms with Crippen LogP contribution in [0, 0.1) is 0 Å². The first-order chi connectivity index (χ1) is 10.9. The summed E-state index contributed by atoms with van der Waals surface area (Å²) in [6.45, 7) is 6.38. The summed E-state index contributed by atoms with van der Waals surface area (Å²) in [6, 6.07) is 4.62. The quantitative estimate of drug-likeness (QED) is 0.713. The lowest BCUT2D eigenvalue weighted by molar-refractivity contribution is -0.140. The van der Waals surface area contributed by atoms with E-state index < -0.39 is 6.04 Å². The monoisotopic (exact) mass is 358 g/mol. The van der Waals surface area contributed by atoms with E-state index in [1.54, 1.807) is 32.0 Å². The Hall–Kier alpha value is -1.26. The van der Waals surface area contributed by atoms with Gasteiger partial charge in [-0.3, -0.25) is 9.59 Å². The molecule has 0 unspecified atom stereocenters. The average Bonchev–Trinajstić information content (AvgIpc) is 2.53. The molecule has 0 aromatic heterocycles. The third kappa shape index (κ3) is 5.70. The summed E-state index contributed by atoms with van der Waals surface area (Å²) >= 11 is 12.4. The van der Waals surface area contributed by atoms with Crippen LogP contribution in [-0.2, 0) is 16.1 Å². The van der Waals surface area contributed by atoms with Gasteiger partial charge >= 0.3 is 0 Å². The van der Waals surface area contributed by atoms with E-state index in [9.17, 15) is 9.59 Å². The number of benzene rings is 1. The van der Waals surface area contributed by atoms with Crippen LogP contribution in [0.15, 0.2) is 18.2 Å². The Morgan fingerprint density at radius 2 is 1.83 bits per heavy atom. The first-order valence-corrected chi connectivity index (χ1v) is 8.68. The molecule has 0 saturated carbocycles. The summed E-state index contributed by atoms with van der Waals surface area (Å²) in [4.78, 5) is 26.1. The third-order valence-electron chi connectivity index (χ3n) is 3.69. The molecule has 1 N–H and O–H groups in total. The van der Waals surface area contributed by atoms with Crippen LogP contribution in [0.4, 0.5) is 0 Å². The maximum atomic E-state index is 12.3. The Balaban J connectivity index is 2.92. The molecular weight excluding hydrogens is 335 g/mol. The highest BCUT2D eigenvalue weighted by atomic mass is 35.5. The van der Waals surface area contributed by atoms with Crippen molar-refractivity contribution in [3.05, 3.63) is 33.8 Å². The number of carbonyl (C=O) groups is 2. The number of hydrogen-bond acceptors (Lipinski definition) is 2. The minimum absolute atomic E-state index is 0.112. The Bertz CT molecular complexity index is 529. The van der Waals surface area contributed by atoms with Gasteiger partial charge in [-0.05, 0) is 25.5 Å². The van der Waals surface area contributed by atoms with Crippen LogP contribution in [0.2, 0.25) is 10.0 Å². The van der Waals surface area contributed by atoms with E-state index in [0.29, 0.717) is 28.6 Å². The summed E-state index contributed by atoms with van der Waals surface area (Å²) in [5.74, 6) is -0.275. The molecule has 6 heteroatoms. The van der Waals surface area contributed by atoms with Gasteiger partial charge in [-0.2, -0.15) is 0 Å². The summed E-state index contributed by atoms with van der Waals surface area (Å²) in [5.41, 5.74) is 0.658. The van der Waals surface area contributed by atoms with Crippen LogP contribution in [0.1, 0.15) is 45.6 Å². The van der Waals surface area contributed by atoms with Crippen LogP contribution in [0.25, 0.3) is 0 Å². The lowest BCUT2D eigenvalue weighted by Gasteiger charge is -2.29. The normalized spacial score (nSPS) is 11.9. The SMILES string of the molecule is CCCCNC(=O)[C@@H](C)N(Cc1c(Cl)cccc1Cl)C(=O)CC. The lowest BCUT2D eigenvalue weighted by Crippen LogP contribution is -2.47. The Morgan fingerprint density at radius 1 is 1.22 bits per heavy atom. The molecule has 128 valence electrons. The van der Waals surface area contributed by atoms with Gasteiger partial charge in [0, 0.05) is 35.1 Å². The fourth-order valence-electron chi connectivity index (χ4n) is 2.18. The summed E-state index contributed by atoms with van der Waals surface area (Å²) in [6.07, 6.45) is 2.23. The maximum Gasteiger partial charge on any atom is 0.242 e. The molecule has 4 nitrogen and oxygen atoms in total. The minimum Gasteiger partial charge on any atom is -0.354 e. The Kier molecular flexibility index (Phi) is 8.42. The number of carbonyl (C=O) groups excluding carboxylic acids is 2. The van der Waals surface area contributed by atoms with E-state index in [0.717, 1.165) is 12.8 Å². The van der Waals surface area contributed by atoms with Gasteiger partial charge in [-0.15, -0.1) is 0 Å². The number of unbranched alkanes of at least 4 members (excludes halogenated alkanes) is 1. The molecule has 1 aromatic carbocycles. The molecule has 0 aliphatic heterocycles. The molecule has 2 amide bonds. The first kappa shape index (κ1) is 19.8. The second-order valence-electron chi connectivity index (χ2n) is 5.40. The van der Waals surface area contributed by atoms with Gasteiger partial charge in [0.15, 0.2) is 0 Å². The van der Waals surface area contributed by atoms with Crippen LogP contribution in [0.3, 0.4) is 0 Å². The van der Waals surface area contributed by atoms with Crippen molar-refractivity contribution in [2.24, 2.45) is 0 Å². The van der Waals surface area contributed by atoms with E-state index in [1.165, 1.54) is 4.90 Å². The molecular formula is C17H24Cl2N2O2. The summed E-state index contributed by atoms with van der Waals surface area (Å²) in [7, 11) is 0. The van der Waals surface area contributed by atoms with Crippen molar-refractivity contribution < 1.29 is 9.59 Å². The molecule has 0 aliphatic carbocycles. The van der Waals surface area contributed by atoms with Gasteiger partial charge in [0.25, 0.3) is 0 Å². The van der Waals surface area contributed by atoms with Gasteiger partial charge in [0.05, 0.1) is 0 Å². The molecule has 0 radical (unpaired) electrons. The Labute approximate surface area is 148 Å². The molecule has 0 bridgehead atoms. The van der Waals surface area contributed by atoms with Crippen LogP contribution >= 0.6 is 23.2 Å². The molecule has 1 rings (SSSR count). The zero-order valence-electron chi connectivity index (χ0n) is 13.9. The average molecular weight is 359 g/mol. The van der Waals surface area contributed by atoms with Crippen LogP contribution in [-0.4, -0.2) is 29.3 Å². The topological polar surface area (TPSA) is 49.4 Å². The zero-order chi connectivity index (χ0) is 17.4. The fourth-order valence-corrected chi connectivity index (χ4v) is 2.69. The number of nitrogens with one attached hydrogen (secondary N) is 1. The van der Waals surface area contributed by atoms with Crippen molar-refractivity contribution in [2.75, 3.05) is 6.54 Å². The third-order valence-corrected chi connectivity index (χ3v) is 4.40. The van der Waals surface area contributed by atoms with E-state index in [4.69, 9.17) is 23.2 Å². The molecule has 0 heterocycles. The van der Waals surface area contributed by atoms with Crippen LogP contribution < -0.4 is 5.32 Å². The second-order valence-corrected chi connectivity index (χ2v) is 6.21. The second kappa shape index (κ2) is 9.78. The number of nitrogens with zero attached hydrogens (tertiary/aromatic N) is 1. The molecule has 0 saturated heterocycles. The smallest absolute Gasteiger partial charge is 0.242 e. The fraction of sp³-hybridized carbons (Fsp3) is 0.529. The standard InChI is InChI=1S/C17H24Cl2N2O2/c1-4-6-10-20-17(23)12(3)21(16(22)5-2)11-13-14(18)8-7-9-15(13)19/h7-9,12H,4-6,10-11H2,1-3H3,(H,20,23)/t12-/m1/s1. The van der Waals surface area contributed by atoms with Crippen molar-refractivity contribution in [1.82, 2.24) is 10.2 Å². The number of rotatable bonds is 8. The van der Waals surface area contributed by atoms with Gasteiger partial charge < -0.3 is 10.2 Å². The van der Waals surface area contributed by atoms with Crippen molar-refractivity contribution in [2.45, 2.75) is 52.6 Å². The first-order valence-electron chi connectivity index (χ1n) is 7.92. The predicted molar refractivity (Wildman–Crippen MR) is 94.7 cm³/mol. The van der Waals surface area contributed by atoms with E-state index >= 15 is 0 Å². The largest absolute Gasteiger partial charge is 0.354 e. The van der Waals surface area contributed by atoms with Crippen molar-refractivity contribution in [3.63, 3.8) is 0 Å². The highest BCUT2D eigenvalue weighted by Crippen LogP contribution is 2.26. The zero-order valence-corrected chi connectivity index (χ0v) is 15.4. The molecule has 0 aliphatic rings. The highest BCUT2D eigenvalue weighted by molar-refractivity contribution is 6.36. The van der Waals surface area contributed by atoms with Crippen molar-refractivity contribution in [3.8, 4) is 0 Å². The van der Waals surface area contributed by atoms with Crippen molar-refractivity contribution >= 4 is 35.0 Å². The summed E-state index contributed by atoms with van der Waals surface area (Å²) < 4.78 is 0. The predicted octanol–water partition coefficient (Wildman–Crippen LogP) is 4.04. The van der Waals surface area contributed by atoms with Crippen molar-refractivity contribution in [1.29, 1.82) is 0 Å².